The lowest BCUT2D eigenvalue weighted by molar-refractivity contribution is -0.114. The molecule has 0 aliphatic heterocycles. The summed E-state index contributed by atoms with van der Waals surface area (Å²) in [6, 6.07) is 37.9. The fraction of sp³-hybridized carbons (Fsp3) is 0.0769. The number of rotatable bonds is 12. The number of para-hydroxylation sites is 2. The van der Waals surface area contributed by atoms with Crippen LogP contribution in [0.5, 0.6) is 5.75 Å². The van der Waals surface area contributed by atoms with Gasteiger partial charge < -0.3 is 25.1 Å². The Labute approximate surface area is 287 Å². The van der Waals surface area contributed by atoms with E-state index in [1.165, 1.54) is 11.8 Å². The van der Waals surface area contributed by atoms with Crippen LogP contribution in [0.25, 0.3) is 28.6 Å². The van der Waals surface area contributed by atoms with Gasteiger partial charge in [-0.05, 0) is 97.4 Å². The molecule has 6 aromatic rings. The highest BCUT2D eigenvalue weighted by molar-refractivity contribution is 8.00. The number of nitrogens with one attached hydrogen (secondary N) is 3. The first-order valence-electron chi connectivity index (χ1n) is 15.5. The lowest BCUT2D eigenvalue weighted by Crippen LogP contribution is -2.30. The molecule has 0 aliphatic rings. The van der Waals surface area contributed by atoms with Crippen molar-refractivity contribution >= 4 is 58.0 Å². The zero-order valence-corrected chi connectivity index (χ0v) is 27.3. The molecule has 0 aliphatic carbocycles. The van der Waals surface area contributed by atoms with Crippen LogP contribution in [-0.2, 0) is 9.59 Å². The van der Waals surface area contributed by atoms with Crippen LogP contribution in [0.1, 0.15) is 22.8 Å². The Morgan fingerprint density at radius 2 is 1.55 bits per heavy atom. The summed E-state index contributed by atoms with van der Waals surface area (Å²) >= 11 is 1.33. The molecule has 1 aromatic heterocycles. The first-order chi connectivity index (χ1) is 23.9. The molecule has 6 rings (SSSR count). The summed E-state index contributed by atoms with van der Waals surface area (Å²) in [4.78, 5) is 44.6. The van der Waals surface area contributed by atoms with Gasteiger partial charge in [-0.25, -0.2) is 4.98 Å². The molecule has 0 spiro atoms. The predicted octanol–water partition coefficient (Wildman–Crippen LogP) is 8.03. The van der Waals surface area contributed by atoms with Crippen LogP contribution >= 0.6 is 11.8 Å². The summed E-state index contributed by atoms with van der Waals surface area (Å²) in [7, 11) is 0. The molecule has 0 fully saturated rings. The standard InChI is InChI=1S/C39H32N4O5S/c1-2-47-31-21-15-26(16-22-31)23-34(42-37(45)27-9-4-3-5-10-27)38(46)41-30-11-8-12-32(24-30)49-25-36(44)40-29-19-17-28(18-20-29)39-43-33-13-6-7-14-35(33)48-39/h3-24H,2,25H2,1H3,(H,40,44)(H,41,46)(H,42,45)/b34-23+. The maximum atomic E-state index is 13.5. The van der Waals surface area contributed by atoms with E-state index in [-0.39, 0.29) is 17.4 Å². The van der Waals surface area contributed by atoms with E-state index in [0.717, 1.165) is 16.0 Å². The molecule has 0 bridgehead atoms. The van der Waals surface area contributed by atoms with Crippen LogP contribution < -0.4 is 20.7 Å². The molecule has 49 heavy (non-hydrogen) atoms. The molecule has 10 heteroatoms. The van der Waals surface area contributed by atoms with E-state index in [1.807, 2.05) is 67.6 Å². The summed E-state index contributed by atoms with van der Waals surface area (Å²) in [5, 5.41) is 8.53. The van der Waals surface area contributed by atoms with Gasteiger partial charge in [0.2, 0.25) is 11.8 Å². The normalized spacial score (nSPS) is 11.2. The van der Waals surface area contributed by atoms with Crippen molar-refractivity contribution in [2.75, 3.05) is 23.0 Å². The molecule has 5 aromatic carbocycles. The van der Waals surface area contributed by atoms with Crippen LogP contribution in [0.2, 0.25) is 0 Å². The number of hydrogen-bond donors (Lipinski definition) is 3. The number of ether oxygens (including phenoxy) is 1. The van der Waals surface area contributed by atoms with Crippen molar-refractivity contribution in [3.05, 3.63) is 144 Å². The fourth-order valence-electron chi connectivity index (χ4n) is 4.84. The highest BCUT2D eigenvalue weighted by Crippen LogP contribution is 2.26. The van der Waals surface area contributed by atoms with Gasteiger partial charge in [0.15, 0.2) is 5.58 Å². The number of nitrogens with zero attached hydrogens (tertiary/aromatic N) is 1. The average Bonchev–Trinajstić information content (AvgIpc) is 3.57. The second kappa shape index (κ2) is 15.6. The molecule has 0 saturated heterocycles. The quantitative estimate of drug-likeness (QED) is 0.0891. The van der Waals surface area contributed by atoms with E-state index < -0.39 is 11.8 Å². The van der Waals surface area contributed by atoms with E-state index in [4.69, 9.17) is 9.15 Å². The lowest BCUT2D eigenvalue weighted by atomic mass is 10.1. The lowest BCUT2D eigenvalue weighted by Gasteiger charge is -2.12. The van der Waals surface area contributed by atoms with Crippen molar-refractivity contribution in [1.82, 2.24) is 10.3 Å². The highest BCUT2D eigenvalue weighted by atomic mass is 32.2. The van der Waals surface area contributed by atoms with E-state index in [9.17, 15) is 14.4 Å². The van der Waals surface area contributed by atoms with Crippen LogP contribution in [0.15, 0.2) is 142 Å². The Bertz CT molecular complexity index is 2080. The van der Waals surface area contributed by atoms with Crippen molar-refractivity contribution in [2.24, 2.45) is 0 Å². The topological polar surface area (TPSA) is 123 Å². The molecule has 0 radical (unpaired) electrons. The number of amides is 3. The van der Waals surface area contributed by atoms with Crippen molar-refractivity contribution in [1.29, 1.82) is 0 Å². The minimum Gasteiger partial charge on any atom is -0.494 e. The molecule has 0 unspecified atom stereocenters. The second-order valence-corrected chi connectivity index (χ2v) is 11.8. The Morgan fingerprint density at radius 1 is 0.796 bits per heavy atom. The largest absolute Gasteiger partial charge is 0.494 e. The predicted molar refractivity (Wildman–Crippen MR) is 193 cm³/mol. The Hall–Kier alpha value is -6.13. The smallest absolute Gasteiger partial charge is 0.272 e. The Kier molecular flexibility index (Phi) is 10.5. The van der Waals surface area contributed by atoms with Crippen LogP contribution in [0.4, 0.5) is 11.4 Å². The number of carbonyl (C=O) groups excluding carboxylic acids is 3. The summed E-state index contributed by atoms with van der Waals surface area (Å²) in [6.45, 7) is 2.44. The third-order valence-electron chi connectivity index (χ3n) is 7.20. The van der Waals surface area contributed by atoms with Gasteiger partial charge in [-0.2, -0.15) is 0 Å². The minimum atomic E-state index is -0.501. The molecule has 3 N–H and O–H groups in total. The molecule has 1 heterocycles. The minimum absolute atomic E-state index is 0.0672. The number of aromatic nitrogens is 1. The van der Waals surface area contributed by atoms with Gasteiger partial charge in [-0.3, -0.25) is 14.4 Å². The van der Waals surface area contributed by atoms with Crippen molar-refractivity contribution in [3.8, 4) is 17.2 Å². The summed E-state index contributed by atoms with van der Waals surface area (Å²) in [5.41, 5.74) is 4.66. The number of fused-ring (bicyclic) bond motifs is 1. The van der Waals surface area contributed by atoms with Crippen molar-refractivity contribution in [3.63, 3.8) is 0 Å². The fourth-order valence-corrected chi connectivity index (χ4v) is 5.59. The molecule has 0 saturated carbocycles. The monoisotopic (exact) mass is 668 g/mol. The van der Waals surface area contributed by atoms with Gasteiger partial charge >= 0.3 is 0 Å². The number of anilines is 2. The molecule has 0 atom stereocenters. The van der Waals surface area contributed by atoms with Gasteiger partial charge in [0, 0.05) is 27.4 Å². The second-order valence-electron chi connectivity index (χ2n) is 10.8. The van der Waals surface area contributed by atoms with Gasteiger partial charge in [-0.15, -0.1) is 11.8 Å². The van der Waals surface area contributed by atoms with Crippen molar-refractivity contribution in [2.45, 2.75) is 11.8 Å². The van der Waals surface area contributed by atoms with Crippen molar-refractivity contribution < 1.29 is 23.5 Å². The third kappa shape index (κ3) is 8.82. The van der Waals surface area contributed by atoms with Gasteiger partial charge in [0.1, 0.15) is 17.0 Å². The number of benzene rings is 5. The number of oxazole rings is 1. The number of thioether (sulfide) groups is 1. The molecular formula is C39H32N4O5S. The van der Waals surface area contributed by atoms with Crippen LogP contribution in [0.3, 0.4) is 0 Å². The van der Waals surface area contributed by atoms with E-state index in [1.54, 1.807) is 72.8 Å². The Balaban J connectivity index is 1.08. The zero-order chi connectivity index (χ0) is 34.0. The van der Waals surface area contributed by atoms with Crippen LogP contribution in [-0.4, -0.2) is 35.1 Å². The first kappa shape index (κ1) is 32.8. The molecule has 3 amide bonds. The molecule has 244 valence electrons. The summed E-state index contributed by atoms with van der Waals surface area (Å²) < 4.78 is 11.3. The van der Waals surface area contributed by atoms with Crippen LogP contribution in [0, 0.1) is 0 Å². The maximum absolute atomic E-state index is 13.5. The summed E-state index contributed by atoms with van der Waals surface area (Å²) in [6.07, 6.45) is 1.61. The third-order valence-corrected chi connectivity index (χ3v) is 8.20. The highest BCUT2D eigenvalue weighted by Gasteiger charge is 2.16. The van der Waals surface area contributed by atoms with E-state index in [0.29, 0.717) is 46.3 Å². The average molecular weight is 669 g/mol. The summed E-state index contributed by atoms with van der Waals surface area (Å²) in [5.74, 6) is 0.275. The first-order valence-corrected chi connectivity index (χ1v) is 16.5. The van der Waals surface area contributed by atoms with E-state index >= 15 is 0 Å². The maximum Gasteiger partial charge on any atom is 0.272 e. The Morgan fingerprint density at radius 3 is 2.31 bits per heavy atom. The SMILES string of the molecule is CCOc1ccc(/C=C(/NC(=O)c2ccccc2)C(=O)Nc2cccc(SCC(=O)Nc3ccc(-c4nc5ccccc5o4)cc3)c2)cc1. The molecular weight excluding hydrogens is 637 g/mol. The van der Waals surface area contributed by atoms with Gasteiger partial charge in [0.25, 0.3) is 11.8 Å². The number of carbonyl (C=O) groups is 3. The number of hydrogen-bond acceptors (Lipinski definition) is 7. The molecule has 9 nitrogen and oxygen atoms in total. The van der Waals surface area contributed by atoms with Gasteiger partial charge in [0.05, 0.1) is 12.4 Å². The van der Waals surface area contributed by atoms with Gasteiger partial charge in [-0.1, -0.05) is 48.5 Å². The van der Waals surface area contributed by atoms with E-state index in [2.05, 4.69) is 20.9 Å². The zero-order valence-electron chi connectivity index (χ0n) is 26.5.